The highest BCUT2D eigenvalue weighted by Crippen LogP contribution is 2.26. The van der Waals surface area contributed by atoms with E-state index in [9.17, 15) is 4.39 Å². The van der Waals surface area contributed by atoms with Gasteiger partial charge in [-0.1, -0.05) is 18.2 Å². The Balaban J connectivity index is 0.00000133. The summed E-state index contributed by atoms with van der Waals surface area (Å²) in [5, 5.41) is 7.70. The predicted octanol–water partition coefficient (Wildman–Crippen LogP) is 2.90. The zero-order valence-electron chi connectivity index (χ0n) is 10.6. The Hall–Kier alpha value is -1.39. The minimum Gasteiger partial charge on any atom is -0.317 e. The van der Waals surface area contributed by atoms with Crippen LogP contribution in [0.1, 0.15) is 24.5 Å². The Morgan fingerprint density at radius 3 is 2.53 bits per heavy atom. The van der Waals surface area contributed by atoms with Crippen molar-refractivity contribution in [2.24, 2.45) is 0 Å². The topological polar surface area (TPSA) is 29.9 Å². The Morgan fingerprint density at radius 2 is 1.84 bits per heavy atom. The van der Waals surface area contributed by atoms with Crippen LogP contribution in [0, 0.1) is 5.82 Å². The first-order valence-corrected chi connectivity index (χ1v) is 6.36. The maximum absolute atomic E-state index is 14.0. The third kappa shape index (κ3) is 2.96. The molecule has 0 spiro atoms. The molecule has 19 heavy (non-hydrogen) atoms. The van der Waals surface area contributed by atoms with Gasteiger partial charge in [0.15, 0.2) is 5.82 Å². The van der Waals surface area contributed by atoms with E-state index in [0.29, 0.717) is 5.69 Å². The lowest BCUT2D eigenvalue weighted by molar-refractivity contribution is 0.437. The van der Waals surface area contributed by atoms with E-state index in [1.165, 1.54) is 6.20 Å². The molecule has 1 aliphatic rings. The molecule has 0 amide bonds. The summed E-state index contributed by atoms with van der Waals surface area (Å²) in [6, 6.07) is 9.66. The van der Waals surface area contributed by atoms with Crippen molar-refractivity contribution in [1.82, 2.24) is 15.1 Å². The average Bonchev–Trinajstić information content (AvgIpc) is 2.83. The van der Waals surface area contributed by atoms with Crippen molar-refractivity contribution in [2.45, 2.75) is 18.8 Å². The molecular formula is C14H17ClFN3. The van der Waals surface area contributed by atoms with Gasteiger partial charge in [-0.2, -0.15) is 5.10 Å². The first-order valence-electron chi connectivity index (χ1n) is 6.36. The lowest BCUT2D eigenvalue weighted by Gasteiger charge is -2.20. The molecule has 2 heterocycles. The van der Waals surface area contributed by atoms with Crippen molar-refractivity contribution in [1.29, 1.82) is 0 Å². The number of piperidine rings is 1. The van der Waals surface area contributed by atoms with Crippen LogP contribution < -0.4 is 5.32 Å². The van der Waals surface area contributed by atoms with E-state index in [4.69, 9.17) is 0 Å². The van der Waals surface area contributed by atoms with Crippen LogP contribution in [0.25, 0.3) is 5.69 Å². The minimum atomic E-state index is -0.189. The number of nitrogens with zero attached hydrogens (tertiary/aromatic N) is 2. The van der Waals surface area contributed by atoms with E-state index >= 15 is 0 Å². The highest BCUT2D eigenvalue weighted by atomic mass is 35.5. The van der Waals surface area contributed by atoms with Crippen LogP contribution in [0.15, 0.2) is 36.5 Å². The number of benzene rings is 1. The van der Waals surface area contributed by atoms with Gasteiger partial charge in [0.05, 0.1) is 11.9 Å². The van der Waals surface area contributed by atoms with Gasteiger partial charge in [0, 0.05) is 5.92 Å². The van der Waals surface area contributed by atoms with Gasteiger partial charge in [0.25, 0.3) is 0 Å². The molecule has 1 aromatic heterocycles. The number of halogens is 2. The Labute approximate surface area is 118 Å². The van der Waals surface area contributed by atoms with E-state index in [0.717, 1.165) is 31.6 Å². The van der Waals surface area contributed by atoms with Crippen molar-refractivity contribution >= 4 is 12.4 Å². The van der Waals surface area contributed by atoms with E-state index in [2.05, 4.69) is 10.4 Å². The van der Waals surface area contributed by atoms with Gasteiger partial charge >= 0.3 is 0 Å². The molecule has 5 heteroatoms. The second-order valence-corrected chi connectivity index (χ2v) is 4.67. The predicted molar refractivity (Wildman–Crippen MR) is 75.6 cm³/mol. The molecule has 0 radical (unpaired) electrons. The van der Waals surface area contributed by atoms with Crippen LogP contribution in [0.3, 0.4) is 0 Å². The molecule has 2 aromatic rings. The fourth-order valence-corrected chi connectivity index (χ4v) is 2.45. The summed E-state index contributed by atoms with van der Waals surface area (Å²) in [7, 11) is 0. The standard InChI is InChI=1S/C14H16FN3.ClH/c15-13-10-18(12-4-2-1-3-5-12)17-14(13)11-6-8-16-9-7-11;/h1-5,10-11,16H,6-9H2;1H. The zero-order valence-corrected chi connectivity index (χ0v) is 11.4. The maximum Gasteiger partial charge on any atom is 0.165 e. The lowest BCUT2D eigenvalue weighted by atomic mass is 9.95. The molecule has 1 aromatic carbocycles. The van der Waals surface area contributed by atoms with Crippen molar-refractivity contribution < 1.29 is 4.39 Å². The monoisotopic (exact) mass is 281 g/mol. The maximum atomic E-state index is 14.0. The number of hydrogen-bond donors (Lipinski definition) is 1. The van der Waals surface area contributed by atoms with Gasteiger partial charge in [0.2, 0.25) is 0 Å². The fraction of sp³-hybridized carbons (Fsp3) is 0.357. The third-order valence-electron chi connectivity index (χ3n) is 3.44. The van der Waals surface area contributed by atoms with Crippen LogP contribution >= 0.6 is 12.4 Å². The Bertz CT molecular complexity index is 521. The molecule has 0 atom stereocenters. The molecule has 0 unspecified atom stereocenters. The average molecular weight is 282 g/mol. The largest absolute Gasteiger partial charge is 0.317 e. The summed E-state index contributed by atoms with van der Waals surface area (Å²) in [6.45, 7) is 1.89. The van der Waals surface area contributed by atoms with Crippen LogP contribution in [-0.2, 0) is 0 Å². The Kier molecular flexibility index (Phi) is 4.56. The molecule has 0 saturated carbocycles. The second kappa shape index (κ2) is 6.17. The molecule has 102 valence electrons. The van der Waals surface area contributed by atoms with Crippen LogP contribution in [0.2, 0.25) is 0 Å². The summed E-state index contributed by atoms with van der Waals surface area (Å²) < 4.78 is 15.6. The van der Waals surface area contributed by atoms with Crippen LogP contribution in [0.5, 0.6) is 0 Å². The van der Waals surface area contributed by atoms with E-state index in [1.54, 1.807) is 4.68 Å². The molecule has 3 rings (SSSR count). The quantitative estimate of drug-likeness (QED) is 0.917. The summed E-state index contributed by atoms with van der Waals surface area (Å²) in [5.74, 6) is 0.0574. The van der Waals surface area contributed by atoms with Gasteiger partial charge in [0.1, 0.15) is 5.69 Å². The highest BCUT2D eigenvalue weighted by Gasteiger charge is 2.22. The zero-order chi connectivity index (χ0) is 12.4. The molecule has 1 N–H and O–H groups in total. The van der Waals surface area contributed by atoms with E-state index < -0.39 is 0 Å². The molecule has 1 saturated heterocycles. The SMILES string of the molecule is Cl.Fc1cn(-c2ccccc2)nc1C1CCNCC1. The fourth-order valence-electron chi connectivity index (χ4n) is 2.45. The summed E-state index contributed by atoms with van der Waals surface area (Å²) in [4.78, 5) is 0. The first kappa shape index (κ1) is 14.0. The molecular weight excluding hydrogens is 265 g/mol. The summed E-state index contributed by atoms with van der Waals surface area (Å²) >= 11 is 0. The van der Waals surface area contributed by atoms with E-state index in [-0.39, 0.29) is 24.1 Å². The summed E-state index contributed by atoms with van der Waals surface area (Å²) in [6.07, 6.45) is 3.40. The first-order chi connectivity index (χ1) is 8.84. The third-order valence-corrected chi connectivity index (χ3v) is 3.44. The van der Waals surface area contributed by atoms with Gasteiger partial charge in [-0.25, -0.2) is 9.07 Å². The smallest absolute Gasteiger partial charge is 0.165 e. The normalized spacial score (nSPS) is 16.1. The highest BCUT2D eigenvalue weighted by molar-refractivity contribution is 5.85. The van der Waals surface area contributed by atoms with Crippen molar-refractivity contribution in [3.05, 3.63) is 48.0 Å². The number of para-hydroxylation sites is 1. The molecule has 1 fully saturated rings. The van der Waals surface area contributed by atoms with Crippen molar-refractivity contribution in [3.8, 4) is 5.69 Å². The van der Waals surface area contributed by atoms with Crippen molar-refractivity contribution in [2.75, 3.05) is 13.1 Å². The molecule has 0 aliphatic carbocycles. The number of nitrogens with one attached hydrogen (secondary N) is 1. The van der Waals surface area contributed by atoms with Gasteiger partial charge in [-0.05, 0) is 38.1 Å². The Morgan fingerprint density at radius 1 is 1.16 bits per heavy atom. The van der Waals surface area contributed by atoms with E-state index in [1.807, 2.05) is 30.3 Å². The lowest BCUT2D eigenvalue weighted by Crippen LogP contribution is -2.27. The van der Waals surface area contributed by atoms with Crippen molar-refractivity contribution in [3.63, 3.8) is 0 Å². The minimum absolute atomic E-state index is 0. The summed E-state index contributed by atoms with van der Waals surface area (Å²) in [5.41, 5.74) is 1.51. The second-order valence-electron chi connectivity index (χ2n) is 4.67. The number of hydrogen-bond acceptors (Lipinski definition) is 2. The molecule has 3 nitrogen and oxygen atoms in total. The molecule has 1 aliphatic heterocycles. The van der Waals surface area contributed by atoms with Crippen LogP contribution in [0.4, 0.5) is 4.39 Å². The van der Waals surface area contributed by atoms with Gasteiger partial charge in [-0.15, -0.1) is 12.4 Å². The van der Waals surface area contributed by atoms with Gasteiger partial charge in [-0.3, -0.25) is 0 Å². The number of rotatable bonds is 2. The van der Waals surface area contributed by atoms with Crippen LogP contribution in [-0.4, -0.2) is 22.9 Å². The molecule has 0 bridgehead atoms. The number of aromatic nitrogens is 2. The van der Waals surface area contributed by atoms with Gasteiger partial charge < -0.3 is 5.32 Å².